The summed E-state index contributed by atoms with van der Waals surface area (Å²) in [7, 11) is 0. The Morgan fingerprint density at radius 3 is 3.20 bits per heavy atom. The molecule has 4 nitrogen and oxygen atoms in total. The van der Waals surface area contributed by atoms with Gasteiger partial charge in [-0.25, -0.2) is 0 Å². The van der Waals surface area contributed by atoms with Crippen LogP contribution in [0.1, 0.15) is 17.7 Å². The van der Waals surface area contributed by atoms with Crippen molar-refractivity contribution in [2.24, 2.45) is 4.99 Å². The van der Waals surface area contributed by atoms with Crippen LogP contribution in [0.2, 0.25) is 0 Å². The third kappa shape index (κ3) is 2.87. The first-order valence-electron chi connectivity index (χ1n) is 4.79. The van der Waals surface area contributed by atoms with E-state index in [2.05, 4.69) is 9.98 Å². The number of nitrogens with one attached hydrogen (secondary N) is 1. The van der Waals surface area contributed by atoms with E-state index in [0.717, 1.165) is 19.4 Å². The van der Waals surface area contributed by atoms with Gasteiger partial charge in [-0.2, -0.15) is 0 Å². The van der Waals surface area contributed by atoms with Crippen LogP contribution in [0, 0.1) is 3.95 Å². The van der Waals surface area contributed by atoms with E-state index in [4.69, 9.17) is 17.0 Å². The summed E-state index contributed by atoms with van der Waals surface area (Å²) in [5, 5.41) is 9.39. The van der Waals surface area contributed by atoms with Gasteiger partial charge in [-0.1, -0.05) is 11.3 Å². The predicted octanol–water partition coefficient (Wildman–Crippen LogP) is 2.11. The lowest BCUT2D eigenvalue weighted by Crippen LogP contribution is -2.08. The lowest BCUT2D eigenvalue weighted by molar-refractivity contribution is 0.118. The molecule has 1 aromatic heterocycles. The number of ether oxygens (including phenoxy) is 1. The van der Waals surface area contributed by atoms with Crippen LogP contribution in [-0.2, 0) is 4.74 Å². The molecule has 0 amide bonds. The summed E-state index contributed by atoms with van der Waals surface area (Å²) in [5.41, 5.74) is 0. The molecule has 15 heavy (non-hydrogen) atoms. The first-order valence-corrected chi connectivity index (χ1v) is 6.01. The molecule has 0 bridgehead atoms. The van der Waals surface area contributed by atoms with Crippen molar-refractivity contribution in [3.05, 3.63) is 8.83 Å². The Kier molecular flexibility index (Phi) is 3.50. The number of aliphatic imine (C=N–C) groups is 1. The Labute approximate surface area is 96.6 Å². The number of aromatic amines is 1. The van der Waals surface area contributed by atoms with Crippen molar-refractivity contribution in [3.63, 3.8) is 0 Å². The van der Waals surface area contributed by atoms with Crippen molar-refractivity contribution in [3.8, 4) is 5.88 Å². The van der Waals surface area contributed by atoms with Crippen LogP contribution in [0.4, 0.5) is 0 Å². The number of rotatable bonds is 3. The van der Waals surface area contributed by atoms with Crippen LogP contribution in [0.25, 0.3) is 0 Å². The van der Waals surface area contributed by atoms with Crippen molar-refractivity contribution in [2.45, 2.75) is 18.9 Å². The third-order valence-corrected chi connectivity index (χ3v) is 3.36. The van der Waals surface area contributed by atoms with Gasteiger partial charge in [-0.05, 0) is 25.1 Å². The number of nitrogens with zero attached hydrogens (tertiary/aromatic N) is 1. The molecule has 2 heterocycles. The van der Waals surface area contributed by atoms with E-state index < -0.39 is 0 Å². The van der Waals surface area contributed by atoms with Crippen LogP contribution < -0.4 is 0 Å². The second-order valence-corrected chi connectivity index (χ2v) is 5.08. The number of hydrogen-bond acceptors (Lipinski definition) is 5. The zero-order valence-corrected chi connectivity index (χ0v) is 9.74. The lowest BCUT2D eigenvalue weighted by Gasteiger charge is -2.03. The Morgan fingerprint density at radius 1 is 1.73 bits per heavy atom. The average Bonchev–Trinajstić information content (AvgIpc) is 2.77. The van der Waals surface area contributed by atoms with Gasteiger partial charge in [0.1, 0.15) is 4.88 Å². The zero-order valence-electron chi connectivity index (χ0n) is 8.10. The highest BCUT2D eigenvalue weighted by Crippen LogP contribution is 2.19. The Balaban J connectivity index is 1.93. The molecule has 0 aliphatic carbocycles. The summed E-state index contributed by atoms with van der Waals surface area (Å²) in [6, 6.07) is 0. The van der Waals surface area contributed by atoms with Gasteiger partial charge in [0.2, 0.25) is 5.88 Å². The monoisotopic (exact) mass is 244 g/mol. The molecule has 0 saturated carbocycles. The summed E-state index contributed by atoms with van der Waals surface area (Å²) >= 11 is 6.21. The average molecular weight is 244 g/mol. The van der Waals surface area contributed by atoms with Crippen LogP contribution in [-0.4, -0.2) is 35.6 Å². The first-order chi connectivity index (χ1) is 7.25. The van der Waals surface area contributed by atoms with E-state index in [1.807, 2.05) is 0 Å². The molecular weight excluding hydrogens is 232 g/mol. The first kappa shape index (κ1) is 10.8. The highest BCUT2D eigenvalue weighted by atomic mass is 32.1. The van der Waals surface area contributed by atoms with Gasteiger partial charge in [0.05, 0.1) is 12.6 Å². The van der Waals surface area contributed by atoms with E-state index in [1.54, 1.807) is 6.21 Å². The van der Waals surface area contributed by atoms with Crippen molar-refractivity contribution in [1.29, 1.82) is 0 Å². The SMILES string of the molecule is Oc1[nH]c(=S)sc1C=NCC1CCCO1. The molecule has 6 heteroatoms. The summed E-state index contributed by atoms with van der Waals surface area (Å²) in [6.07, 6.45) is 4.09. The fourth-order valence-corrected chi connectivity index (χ4v) is 2.45. The Morgan fingerprint density at radius 2 is 2.60 bits per heavy atom. The minimum atomic E-state index is 0.0982. The largest absolute Gasteiger partial charge is 0.494 e. The molecule has 1 aliphatic rings. The number of thiazole rings is 1. The number of hydrogen-bond donors (Lipinski definition) is 2. The van der Waals surface area contributed by atoms with E-state index in [-0.39, 0.29) is 12.0 Å². The van der Waals surface area contributed by atoms with Crippen molar-refractivity contribution >= 4 is 29.8 Å². The number of H-pyrrole nitrogens is 1. The van der Waals surface area contributed by atoms with E-state index >= 15 is 0 Å². The van der Waals surface area contributed by atoms with Gasteiger partial charge in [0.25, 0.3) is 0 Å². The molecule has 1 aliphatic heterocycles. The molecule has 0 radical (unpaired) electrons. The quantitative estimate of drug-likeness (QED) is 0.632. The fourth-order valence-electron chi connectivity index (χ4n) is 1.46. The smallest absolute Gasteiger partial charge is 0.209 e. The number of aromatic nitrogens is 1. The van der Waals surface area contributed by atoms with Crippen LogP contribution in [0.15, 0.2) is 4.99 Å². The van der Waals surface area contributed by atoms with Crippen molar-refractivity contribution < 1.29 is 9.84 Å². The summed E-state index contributed by atoms with van der Waals surface area (Å²) in [4.78, 5) is 7.56. The molecule has 1 fully saturated rings. The van der Waals surface area contributed by atoms with Crippen molar-refractivity contribution in [2.75, 3.05) is 13.2 Å². The Hall–Kier alpha value is -0.720. The van der Waals surface area contributed by atoms with E-state index in [9.17, 15) is 5.11 Å². The van der Waals surface area contributed by atoms with Crippen LogP contribution >= 0.6 is 23.6 Å². The van der Waals surface area contributed by atoms with E-state index in [1.165, 1.54) is 11.3 Å². The maximum Gasteiger partial charge on any atom is 0.209 e. The Bertz CT molecular complexity index is 404. The van der Waals surface area contributed by atoms with Crippen LogP contribution in [0.3, 0.4) is 0 Å². The molecule has 1 unspecified atom stereocenters. The topological polar surface area (TPSA) is 57.6 Å². The molecule has 1 atom stereocenters. The summed E-state index contributed by atoms with van der Waals surface area (Å²) in [5.74, 6) is 0.0982. The van der Waals surface area contributed by atoms with E-state index in [0.29, 0.717) is 15.4 Å². The summed E-state index contributed by atoms with van der Waals surface area (Å²) < 4.78 is 5.99. The highest BCUT2D eigenvalue weighted by Gasteiger charge is 2.14. The predicted molar refractivity (Wildman–Crippen MR) is 62.6 cm³/mol. The highest BCUT2D eigenvalue weighted by molar-refractivity contribution is 7.73. The molecule has 2 N–H and O–H groups in total. The molecule has 82 valence electrons. The molecular formula is C9H12N2O2S2. The van der Waals surface area contributed by atoms with Gasteiger partial charge in [0, 0.05) is 12.8 Å². The van der Waals surface area contributed by atoms with Gasteiger partial charge in [-0.3, -0.25) is 4.99 Å². The maximum absolute atomic E-state index is 9.39. The second-order valence-electron chi connectivity index (χ2n) is 3.36. The van der Waals surface area contributed by atoms with Gasteiger partial charge < -0.3 is 14.8 Å². The zero-order chi connectivity index (χ0) is 10.7. The van der Waals surface area contributed by atoms with Gasteiger partial charge >= 0.3 is 0 Å². The van der Waals surface area contributed by atoms with Gasteiger partial charge in [-0.15, -0.1) is 0 Å². The normalized spacial score (nSPS) is 21.5. The standard InChI is InChI=1S/C9H12N2O2S2/c12-8-7(15-9(14)11-8)5-10-4-6-2-1-3-13-6/h5-6,12H,1-4H2,(H,11,14). The minimum Gasteiger partial charge on any atom is -0.494 e. The molecule has 1 aromatic rings. The molecule has 0 spiro atoms. The van der Waals surface area contributed by atoms with Crippen molar-refractivity contribution in [1.82, 2.24) is 4.98 Å². The van der Waals surface area contributed by atoms with Crippen LogP contribution in [0.5, 0.6) is 5.88 Å². The third-order valence-electron chi connectivity index (χ3n) is 2.20. The maximum atomic E-state index is 9.39. The molecule has 1 saturated heterocycles. The molecule has 0 aromatic carbocycles. The lowest BCUT2D eigenvalue weighted by atomic mass is 10.2. The minimum absolute atomic E-state index is 0.0982. The second kappa shape index (κ2) is 4.87. The fraction of sp³-hybridized carbons (Fsp3) is 0.556. The number of aromatic hydroxyl groups is 1. The molecule has 2 rings (SSSR count). The summed E-state index contributed by atoms with van der Waals surface area (Å²) in [6.45, 7) is 1.50. The van der Waals surface area contributed by atoms with Gasteiger partial charge in [0.15, 0.2) is 3.95 Å².